The largest absolute Gasteiger partial charge is 0.365 e. The first-order valence-electron chi connectivity index (χ1n) is 7.35. The third kappa shape index (κ3) is 3.45. The van der Waals surface area contributed by atoms with Crippen molar-refractivity contribution in [3.8, 4) is 0 Å². The van der Waals surface area contributed by atoms with Gasteiger partial charge in [0.1, 0.15) is 6.10 Å². The standard InChI is InChI=1S/C14H26N2O2/c1-3-16(10-12-5-4-8-15-9-12)14(17)13-7-6-11(2)18-13/h11-13,15H,3-10H2,1-2H3. The van der Waals surface area contributed by atoms with Gasteiger partial charge in [-0.1, -0.05) is 0 Å². The first kappa shape index (κ1) is 13.8. The number of piperidine rings is 1. The highest BCUT2D eigenvalue weighted by atomic mass is 16.5. The molecule has 3 atom stereocenters. The molecule has 1 N–H and O–H groups in total. The van der Waals surface area contributed by atoms with Crippen LogP contribution in [0.3, 0.4) is 0 Å². The normalized spacial score (nSPS) is 32.4. The Balaban J connectivity index is 1.85. The molecule has 2 saturated heterocycles. The second kappa shape index (κ2) is 6.53. The van der Waals surface area contributed by atoms with Crippen molar-refractivity contribution in [1.82, 2.24) is 10.2 Å². The zero-order valence-corrected chi connectivity index (χ0v) is 11.7. The van der Waals surface area contributed by atoms with Crippen LogP contribution in [0.2, 0.25) is 0 Å². The van der Waals surface area contributed by atoms with Gasteiger partial charge in [0.2, 0.25) is 0 Å². The molecular formula is C14H26N2O2. The monoisotopic (exact) mass is 254 g/mol. The Labute approximate surface area is 110 Å². The quantitative estimate of drug-likeness (QED) is 0.824. The second-order valence-electron chi connectivity index (χ2n) is 5.60. The molecule has 0 bridgehead atoms. The van der Waals surface area contributed by atoms with Gasteiger partial charge in [0.25, 0.3) is 5.91 Å². The van der Waals surface area contributed by atoms with E-state index in [1.54, 1.807) is 0 Å². The number of ether oxygens (including phenoxy) is 1. The molecule has 1 amide bonds. The fourth-order valence-electron chi connectivity index (χ4n) is 2.95. The highest BCUT2D eigenvalue weighted by Gasteiger charge is 2.32. The molecular weight excluding hydrogens is 228 g/mol. The average Bonchev–Trinajstić information content (AvgIpc) is 2.83. The lowest BCUT2D eigenvalue weighted by Crippen LogP contribution is -2.44. The fraction of sp³-hybridized carbons (Fsp3) is 0.929. The van der Waals surface area contributed by atoms with Crippen LogP contribution in [-0.2, 0) is 9.53 Å². The third-order valence-corrected chi connectivity index (χ3v) is 4.08. The van der Waals surface area contributed by atoms with Crippen molar-refractivity contribution in [1.29, 1.82) is 0 Å². The summed E-state index contributed by atoms with van der Waals surface area (Å²) in [6.07, 6.45) is 4.43. The Morgan fingerprint density at radius 1 is 1.39 bits per heavy atom. The van der Waals surface area contributed by atoms with E-state index < -0.39 is 0 Å². The van der Waals surface area contributed by atoms with Gasteiger partial charge in [0, 0.05) is 13.1 Å². The molecule has 4 heteroatoms. The fourth-order valence-corrected chi connectivity index (χ4v) is 2.95. The number of nitrogens with zero attached hydrogens (tertiary/aromatic N) is 1. The van der Waals surface area contributed by atoms with Crippen LogP contribution in [0.25, 0.3) is 0 Å². The lowest BCUT2D eigenvalue weighted by Gasteiger charge is -2.30. The lowest BCUT2D eigenvalue weighted by atomic mass is 9.99. The number of carbonyl (C=O) groups excluding carboxylic acids is 1. The van der Waals surface area contributed by atoms with Gasteiger partial charge >= 0.3 is 0 Å². The summed E-state index contributed by atoms with van der Waals surface area (Å²) < 4.78 is 5.69. The zero-order chi connectivity index (χ0) is 13.0. The van der Waals surface area contributed by atoms with Crippen molar-refractivity contribution in [3.63, 3.8) is 0 Å². The third-order valence-electron chi connectivity index (χ3n) is 4.08. The molecule has 2 rings (SSSR count). The molecule has 104 valence electrons. The molecule has 2 aliphatic rings. The van der Waals surface area contributed by atoms with Crippen molar-refractivity contribution in [2.24, 2.45) is 5.92 Å². The van der Waals surface area contributed by atoms with Gasteiger partial charge in [-0.3, -0.25) is 4.79 Å². The minimum absolute atomic E-state index is 0.184. The van der Waals surface area contributed by atoms with E-state index in [0.717, 1.165) is 39.0 Å². The van der Waals surface area contributed by atoms with Crippen LogP contribution in [0.15, 0.2) is 0 Å². The van der Waals surface area contributed by atoms with Crippen LogP contribution in [-0.4, -0.2) is 49.2 Å². The van der Waals surface area contributed by atoms with Gasteiger partial charge in [-0.25, -0.2) is 0 Å². The van der Waals surface area contributed by atoms with Gasteiger partial charge < -0.3 is 15.0 Å². The Morgan fingerprint density at radius 3 is 2.78 bits per heavy atom. The molecule has 3 unspecified atom stereocenters. The summed E-state index contributed by atoms with van der Waals surface area (Å²) in [5, 5.41) is 3.41. The topological polar surface area (TPSA) is 41.6 Å². The number of carbonyl (C=O) groups is 1. The van der Waals surface area contributed by atoms with Crippen LogP contribution in [0.4, 0.5) is 0 Å². The van der Waals surface area contributed by atoms with Crippen molar-refractivity contribution in [2.45, 2.75) is 51.7 Å². The smallest absolute Gasteiger partial charge is 0.251 e. The summed E-state index contributed by atoms with van der Waals surface area (Å²) in [7, 11) is 0. The highest BCUT2D eigenvalue weighted by molar-refractivity contribution is 5.81. The van der Waals surface area contributed by atoms with Crippen LogP contribution >= 0.6 is 0 Å². The molecule has 2 aliphatic heterocycles. The summed E-state index contributed by atoms with van der Waals surface area (Å²) in [5.74, 6) is 0.814. The van der Waals surface area contributed by atoms with Crippen LogP contribution < -0.4 is 5.32 Å². The Kier molecular flexibility index (Phi) is 5.01. The molecule has 4 nitrogen and oxygen atoms in total. The molecule has 0 aliphatic carbocycles. The summed E-state index contributed by atoms with van der Waals surface area (Å²) in [6, 6.07) is 0. The number of hydrogen-bond acceptors (Lipinski definition) is 3. The molecule has 2 fully saturated rings. The molecule has 0 aromatic carbocycles. The van der Waals surface area contributed by atoms with Crippen LogP contribution in [0.1, 0.15) is 39.5 Å². The zero-order valence-electron chi connectivity index (χ0n) is 11.7. The van der Waals surface area contributed by atoms with E-state index in [1.807, 2.05) is 4.90 Å². The molecule has 0 radical (unpaired) electrons. The summed E-state index contributed by atoms with van der Waals surface area (Å²) >= 11 is 0. The summed E-state index contributed by atoms with van der Waals surface area (Å²) in [6.45, 7) is 7.97. The van der Waals surface area contributed by atoms with Crippen LogP contribution in [0.5, 0.6) is 0 Å². The van der Waals surface area contributed by atoms with Gasteiger partial charge in [-0.2, -0.15) is 0 Å². The van der Waals surface area contributed by atoms with Gasteiger partial charge in [-0.05, 0) is 58.5 Å². The van der Waals surface area contributed by atoms with Crippen molar-refractivity contribution >= 4 is 5.91 Å². The van der Waals surface area contributed by atoms with Crippen LogP contribution in [0, 0.1) is 5.92 Å². The van der Waals surface area contributed by atoms with Crippen molar-refractivity contribution < 1.29 is 9.53 Å². The summed E-state index contributed by atoms with van der Waals surface area (Å²) in [5.41, 5.74) is 0. The molecule has 2 heterocycles. The molecule has 0 aromatic rings. The lowest BCUT2D eigenvalue weighted by molar-refractivity contribution is -0.143. The predicted octanol–water partition coefficient (Wildman–Crippen LogP) is 1.40. The molecule has 18 heavy (non-hydrogen) atoms. The maximum Gasteiger partial charge on any atom is 0.251 e. The van der Waals surface area contributed by atoms with Gasteiger partial charge in [-0.15, -0.1) is 0 Å². The number of nitrogens with one attached hydrogen (secondary N) is 1. The second-order valence-corrected chi connectivity index (χ2v) is 5.60. The number of amides is 1. The van der Waals surface area contributed by atoms with E-state index in [0.29, 0.717) is 5.92 Å². The maximum absolute atomic E-state index is 12.4. The van der Waals surface area contributed by atoms with E-state index in [1.165, 1.54) is 12.8 Å². The van der Waals surface area contributed by atoms with E-state index in [9.17, 15) is 4.79 Å². The first-order valence-corrected chi connectivity index (χ1v) is 7.35. The number of likely N-dealkylation sites (N-methyl/N-ethyl adjacent to an activating group) is 1. The van der Waals surface area contributed by atoms with E-state index >= 15 is 0 Å². The molecule has 0 saturated carbocycles. The Hall–Kier alpha value is -0.610. The van der Waals surface area contributed by atoms with E-state index in [2.05, 4.69) is 19.2 Å². The van der Waals surface area contributed by atoms with Crippen molar-refractivity contribution in [3.05, 3.63) is 0 Å². The number of hydrogen-bond donors (Lipinski definition) is 1. The highest BCUT2D eigenvalue weighted by Crippen LogP contribution is 2.22. The Bertz CT molecular complexity index is 277. The van der Waals surface area contributed by atoms with E-state index in [4.69, 9.17) is 4.74 Å². The Morgan fingerprint density at radius 2 is 2.22 bits per heavy atom. The average molecular weight is 254 g/mol. The maximum atomic E-state index is 12.4. The first-order chi connectivity index (χ1) is 8.70. The summed E-state index contributed by atoms with van der Waals surface area (Å²) in [4.78, 5) is 14.4. The SMILES string of the molecule is CCN(CC1CCCNC1)C(=O)C1CCC(C)O1. The van der Waals surface area contributed by atoms with Gasteiger partial charge in [0.05, 0.1) is 6.10 Å². The van der Waals surface area contributed by atoms with Gasteiger partial charge in [0.15, 0.2) is 0 Å². The predicted molar refractivity (Wildman–Crippen MR) is 71.4 cm³/mol. The molecule has 0 spiro atoms. The minimum Gasteiger partial charge on any atom is -0.365 e. The van der Waals surface area contributed by atoms with E-state index in [-0.39, 0.29) is 18.1 Å². The number of rotatable bonds is 4. The van der Waals surface area contributed by atoms with Crippen molar-refractivity contribution in [2.75, 3.05) is 26.2 Å². The minimum atomic E-state index is -0.184. The molecule has 0 aromatic heterocycles.